The number of hydrogen-bond donors (Lipinski definition) is 1. The Morgan fingerprint density at radius 2 is 2.12 bits per heavy atom. The zero-order valence-electron chi connectivity index (χ0n) is 9.27. The average Bonchev–Trinajstić information content (AvgIpc) is 2.82. The number of rotatable bonds is 3. The number of carbonyl (C=O) groups excluding carboxylic acids is 1. The van der Waals surface area contributed by atoms with E-state index in [9.17, 15) is 4.79 Å². The summed E-state index contributed by atoms with van der Waals surface area (Å²) in [6.07, 6.45) is 7.91. The Labute approximate surface area is 94.2 Å². The van der Waals surface area contributed by atoms with Crippen LogP contribution in [0.15, 0.2) is 12.4 Å². The second-order valence-corrected chi connectivity index (χ2v) is 3.90. The fraction of sp³-hybridized carbons (Fsp3) is 0.545. The summed E-state index contributed by atoms with van der Waals surface area (Å²) in [6.45, 7) is 0. The van der Waals surface area contributed by atoms with Gasteiger partial charge in [0.2, 0.25) is 0 Å². The molecule has 1 aliphatic rings. The molecule has 0 aromatic carbocycles. The molecule has 0 amide bonds. The number of nitrogens with zero attached hydrogens (tertiary/aromatic N) is 2. The molecule has 1 fully saturated rings. The first-order valence-corrected chi connectivity index (χ1v) is 5.46. The summed E-state index contributed by atoms with van der Waals surface area (Å²) >= 11 is 0. The van der Waals surface area contributed by atoms with E-state index in [4.69, 9.17) is 0 Å². The van der Waals surface area contributed by atoms with Crippen molar-refractivity contribution in [1.82, 2.24) is 9.97 Å². The molecule has 16 heavy (non-hydrogen) atoms. The van der Waals surface area contributed by atoms with E-state index >= 15 is 0 Å². The summed E-state index contributed by atoms with van der Waals surface area (Å²) < 4.78 is 4.55. The maximum absolute atomic E-state index is 11.1. The maximum atomic E-state index is 11.1. The van der Waals surface area contributed by atoms with Gasteiger partial charge in [0.15, 0.2) is 5.69 Å². The first-order chi connectivity index (χ1) is 7.79. The molecule has 5 heteroatoms. The standard InChI is InChI=1S/C11H15N3O2/c1-16-11(15)9-6-13-10(7-12-9)14-8-4-2-3-5-8/h6-8H,2-5H2,1H3,(H,13,14). The van der Waals surface area contributed by atoms with E-state index < -0.39 is 5.97 Å². The maximum Gasteiger partial charge on any atom is 0.358 e. The minimum absolute atomic E-state index is 0.236. The van der Waals surface area contributed by atoms with Crippen LogP contribution in [0.5, 0.6) is 0 Å². The van der Waals surface area contributed by atoms with Crippen molar-refractivity contribution in [3.63, 3.8) is 0 Å². The number of anilines is 1. The van der Waals surface area contributed by atoms with Gasteiger partial charge in [-0.1, -0.05) is 12.8 Å². The van der Waals surface area contributed by atoms with Crippen LogP contribution in [0.25, 0.3) is 0 Å². The number of methoxy groups -OCH3 is 1. The molecular weight excluding hydrogens is 206 g/mol. The van der Waals surface area contributed by atoms with Gasteiger partial charge in [0, 0.05) is 6.04 Å². The van der Waals surface area contributed by atoms with Gasteiger partial charge in [0.05, 0.1) is 19.5 Å². The Hall–Kier alpha value is -1.65. The quantitative estimate of drug-likeness (QED) is 0.786. The van der Waals surface area contributed by atoms with Gasteiger partial charge >= 0.3 is 5.97 Å². The smallest absolute Gasteiger partial charge is 0.358 e. The average molecular weight is 221 g/mol. The fourth-order valence-electron chi connectivity index (χ4n) is 1.89. The summed E-state index contributed by atoms with van der Waals surface area (Å²) in [5, 5.41) is 3.30. The molecular formula is C11H15N3O2. The van der Waals surface area contributed by atoms with Gasteiger partial charge in [-0.15, -0.1) is 0 Å². The SMILES string of the molecule is COC(=O)c1cnc(NC2CCCC2)cn1. The molecule has 5 nitrogen and oxygen atoms in total. The summed E-state index contributed by atoms with van der Waals surface area (Å²) in [5.74, 6) is 0.263. The van der Waals surface area contributed by atoms with Crippen LogP contribution in [0.3, 0.4) is 0 Å². The van der Waals surface area contributed by atoms with E-state index in [-0.39, 0.29) is 5.69 Å². The molecule has 0 aliphatic heterocycles. The van der Waals surface area contributed by atoms with Crippen molar-refractivity contribution in [2.75, 3.05) is 12.4 Å². The molecule has 0 radical (unpaired) electrons. The Morgan fingerprint density at radius 1 is 1.38 bits per heavy atom. The van der Waals surface area contributed by atoms with Crippen LogP contribution in [0.2, 0.25) is 0 Å². The minimum Gasteiger partial charge on any atom is -0.464 e. The number of aromatic nitrogens is 2. The van der Waals surface area contributed by atoms with Crippen LogP contribution >= 0.6 is 0 Å². The van der Waals surface area contributed by atoms with Gasteiger partial charge in [-0.25, -0.2) is 14.8 Å². The van der Waals surface area contributed by atoms with E-state index in [2.05, 4.69) is 20.0 Å². The molecule has 0 bridgehead atoms. The van der Waals surface area contributed by atoms with E-state index in [1.165, 1.54) is 39.0 Å². The van der Waals surface area contributed by atoms with Gasteiger partial charge in [0.1, 0.15) is 5.82 Å². The molecule has 1 aromatic heterocycles. The lowest BCUT2D eigenvalue weighted by molar-refractivity contribution is 0.0593. The van der Waals surface area contributed by atoms with Gasteiger partial charge in [-0.3, -0.25) is 0 Å². The minimum atomic E-state index is -0.458. The third-order valence-corrected chi connectivity index (χ3v) is 2.75. The molecule has 1 aliphatic carbocycles. The van der Waals surface area contributed by atoms with Crippen molar-refractivity contribution in [3.8, 4) is 0 Å². The molecule has 1 aromatic rings. The first-order valence-electron chi connectivity index (χ1n) is 5.46. The lowest BCUT2D eigenvalue weighted by Crippen LogP contribution is -2.16. The van der Waals surface area contributed by atoms with Crippen molar-refractivity contribution in [1.29, 1.82) is 0 Å². The van der Waals surface area contributed by atoms with E-state index in [1.54, 1.807) is 6.20 Å². The van der Waals surface area contributed by atoms with Gasteiger partial charge in [0.25, 0.3) is 0 Å². The molecule has 0 saturated heterocycles. The highest BCUT2D eigenvalue weighted by molar-refractivity contribution is 5.86. The number of nitrogens with one attached hydrogen (secondary N) is 1. The third kappa shape index (κ3) is 2.48. The largest absolute Gasteiger partial charge is 0.464 e. The number of hydrogen-bond acceptors (Lipinski definition) is 5. The summed E-state index contributed by atoms with van der Waals surface area (Å²) in [4.78, 5) is 19.3. The van der Waals surface area contributed by atoms with Gasteiger partial charge < -0.3 is 10.1 Å². The normalized spacial score (nSPS) is 16.1. The molecule has 0 spiro atoms. The molecule has 1 N–H and O–H groups in total. The van der Waals surface area contributed by atoms with Crippen LogP contribution in [-0.2, 0) is 4.74 Å². The molecule has 0 unspecified atom stereocenters. The van der Waals surface area contributed by atoms with Crippen molar-refractivity contribution >= 4 is 11.8 Å². The van der Waals surface area contributed by atoms with Gasteiger partial charge in [-0.05, 0) is 12.8 Å². The van der Waals surface area contributed by atoms with E-state index in [0.29, 0.717) is 6.04 Å². The molecule has 86 valence electrons. The van der Waals surface area contributed by atoms with Gasteiger partial charge in [-0.2, -0.15) is 0 Å². The molecule has 0 atom stereocenters. The van der Waals surface area contributed by atoms with Crippen LogP contribution in [0, 0.1) is 0 Å². The number of esters is 1. The van der Waals surface area contributed by atoms with E-state index in [0.717, 1.165) is 5.82 Å². The zero-order chi connectivity index (χ0) is 11.4. The fourth-order valence-corrected chi connectivity index (χ4v) is 1.89. The highest BCUT2D eigenvalue weighted by Gasteiger charge is 2.15. The Kier molecular flexibility index (Phi) is 3.34. The molecule has 2 rings (SSSR count). The second kappa shape index (κ2) is 4.92. The van der Waals surface area contributed by atoms with Crippen molar-refractivity contribution in [2.24, 2.45) is 0 Å². The Bertz CT molecular complexity index is 358. The van der Waals surface area contributed by atoms with Crippen LogP contribution in [0.1, 0.15) is 36.2 Å². The summed E-state index contributed by atoms with van der Waals surface area (Å²) in [5.41, 5.74) is 0.236. The predicted molar refractivity (Wildman–Crippen MR) is 59.3 cm³/mol. The monoisotopic (exact) mass is 221 g/mol. The lowest BCUT2D eigenvalue weighted by atomic mass is 10.2. The highest BCUT2D eigenvalue weighted by atomic mass is 16.5. The van der Waals surface area contributed by atoms with Crippen LogP contribution in [-0.4, -0.2) is 29.1 Å². The molecule has 1 heterocycles. The number of ether oxygens (including phenoxy) is 1. The summed E-state index contributed by atoms with van der Waals surface area (Å²) in [7, 11) is 1.33. The van der Waals surface area contributed by atoms with Crippen molar-refractivity contribution in [2.45, 2.75) is 31.7 Å². The van der Waals surface area contributed by atoms with Crippen LogP contribution in [0.4, 0.5) is 5.82 Å². The van der Waals surface area contributed by atoms with Crippen molar-refractivity contribution < 1.29 is 9.53 Å². The highest BCUT2D eigenvalue weighted by Crippen LogP contribution is 2.20. The summed E-state index contributed by atoms with van der Waals surface area (Å²) in [6, 6.07) is 0.498. The third-order valence-electron chi connectivity index (χ3n) is 2.75. The van der Waals surface area contributed by atoms with Crippen LogP contribution < -0.4 is 5.32 Å². The second-order valence-electron chi connectivity index (χ2n) is 3.90. The topological polar surface area (TPSA) is 64.1 Å². The Morgan fingerprint density at radius 3 is 2.69 bits per heavy atom. The zero-order valence-corrected chi connectivity index (χ0v) is 9.27. The Balaban J connectivity index is 1.98. The molecule has 1 saturated carbocycles. The predicted octanol–water partition coefficient (Wildman–Crippen LogP) is 1.62. The first kappa shape index (κ1) is 10.9. The van der Waals surface area contributed by atoms with Crippen molar-refractivity contribution in [3.05, 3.63) is 18.1 Å². The van der Waals surface area contributed by atoms with E-state index in [1.807, 2.05) is 0 Å². The lowest BCUT2D eigenvalue weighted by Gasteiger charge is -2.11. The number of carbonyl (C=O) groups is 1.